The quantitative estimate of drug-likeness (QED) is 0.848. The van der Waals surface area contributed by atoms with Gasteiger partial charge in [0, 0.05) is 24.5 Å². The molecule has 2 rings (SSSR count). The summed E-state index contributed by atoms with van der Waals surface area (Å²) in [6, 6.07) is 2.61. The number of nitrogens with two attached hydrogens (primary N) is 1. The smallest absolute Gasteiger partial charge is 0.107 e. The van der Waals surface area contributed by atoms with Crippen molar-refractivity contribution < 1.29 is 0 Å². The molecular formula is C14H21N3S. The predicted molar refractivity (Wildman–Crippen MR) is 80.2 cm³/mol. The maximum absolute atomic E-state index is 5.86. The van der Waals surface area contributed by atoms with E-state index in [4.69, 9.17) is 18.0 Å². The van der Waals surface area contributed by atoms with Crippen LogP contribution < -0.4 is 10.6 Å². The topological polar surface area (TPSA) is 42.1 Å². The Morgan fingerprint density at radius 1 is 1.50 bits per heavy atom. The normalized spacial score (nSPS) is 16.4. The lowest BCUT2D eigenvalue weighted by molar-refractivity contribution is 0.608. The second kappa shape index (κ2) is 4.84. The molecule has 1 aromatic heterocycles. The van der Waals surface area contributed by atoms with E-state index >= 15 is 0 Å². The van der Waals surface area contributed by atoms with Crippen molar-refractivity contribution in [3.8, 4) is 0 Å². The van der Waals surface area contributed by atoms with Crippen LogP contribution in [0.4, 0.5) is 5.69 Å². The van der Waals surface area contributed by atoms with E-state index in [2.05, 4.69) is 29.9 Å². The molecule has 0 bridgehead atoms. The van der Waals surface area contributed by atoms with Crippen molar-refractivity contribution in [1.29, 1.82) is 0 Å². The molecule has 18 heavy (non-hydrogen) atoms. The lowest BCUT2D eigenvalue weighted by Gasteiger charge is -2.29. The molecule has 1 fully saturated rings. The molecule has 1 saturated carbocycles. The fourth-order valence-corrected chi connectivity index (χ4v) is 2.76. The number of nitrogens with zero attached hydrogens (tertiary/aromatic N) is 2. The summed E-state index contributed by atoms with van der Waals surface area (Å²) in [6.45, 7) is 6.25. The zero-order valence-electron chi connectivity index (χ0n) is 11.5. The largest absolute Gasteiger partial charge is 0.389 e. The van der Waals surface area contributed by atoms with Gasteiger partial charge in [-0.15, -0.1) is 0 Å². The summed E-state index contributed by atoms with van der Waals surface area (Å²) < 4.78 is 0. The summed E-state index contributed by atoms with van der Waals surface area (Å²) >= 11 is 5.18. The van der Waals surface area contributed by atoms with Gasteiger partial charge in [0.2, 0.25) is 0 Å². The molecule has 0 saturated heterocycles. The third kappa shape index (κ3) is 2.48. The summed E-state index contributed by atoms with van der Waals surface area (Å²) in [5, 5.41) is 0. The van der Waals surface area contributed by atoms with Gasteiger partial charge in [0.1, 0.15) is 4.99 Å². The molecule has 3 nitrogen and oxygen atoms in total. The van der Waals surface area contributed by atoms with E-state index < -0.39 is 0 Å². The van der Waals surface area contributed by atoms with E-state index in [1.54, 1.807) is 0 Å². The Hall–Kier alpha value is -1.16. The number of rotatable bonds is 4. The summed E-state index contributed by atoms with van der Waals surface area (Å²) in [7, 11) is 2.12. The lowest BCUT2D eigenvalue weighted by atomic mass is 10.1. The number of aryl methyl sites for hydroxylation is 2. The summed E-state index contributed by atoms with van der Waals surface area (Å²) in [4.78, 5) is 7.20. The van der Waals surface area contributed by atoms with Gasteiger partial charge in [-0.05, 0) is 45.6 Å². The standard InChI is InChI=1S/C14H21N3S/c1-8-7-12(13(14(15)18)9(2)16-8)17(4)10(3)11-5-6-11/h7,10-11H,5-6H2,1-4H3,(H2,15,18). The molecule has 0 aromatic carbocycles. The van der Waals surface area contributed by atoms with Crippen LogP contribution in [0.1, 0.15) is 36.7 Å². The molecule has 0 spiro atoms. The predicted octanol–water partition coefficient (Wildman–Crippen LogP) is 2.57. The van der Waals surface area contributed by atoms with Crippen LogP contribution in [0, 0.1) is 19.8 Å². The molecule has 0 aliphatic heterocycles. The number of hydrogen-bond acceptors (Lipinski definition) is 3. The number of hydrogen-bond donors (Lipinski definition) is 1. The molecule has 1 heterocycles. The van der Waals surface area contributed by atoms with Gasteiger partial charge in [-0.1, -0.05) is 12.2 Å². The third-order valence-corrected chi connectivity index (χ3v) is 4.05. The fourth-order valence-electron chi connectivity index (χ4n) is 2.51. The van der Waals surface area contributed by atoms with Crippen molar-refractivity contribution in [2.24, 2.45) is 11.7 Å². The molecule has 1 aliphatic rings. The van der Waals surface area contributed by atoms with Crippen molar-refractivity contribution in [3.05, 3.63) is 23.0 Å². The number of thiocarbonyl (C=S) groups is 1. The molecule has 1 aromatic rings. The van der Waals surface area contributed by atoms with Crippen molar-refractivity contribution >= 4 is 22.9 Å². The Morgan fingerprint density at radius 2 is 2.11 bits per heavy atom. The monoisotopic (exact) mass is 263 g/mol. The van der Waals surface area contributed by atoms with Crippen molar-refractivity contribution in [2.45, 2.75) is 39.7 Å². The second-order valence-electron chi connectivity index (χ2n) is 5.30. The molecule has 2 N–H and O–H groups in total. The van der Waals surface area contributed by atoms with E-state index in [0.29, 0.717) is 11.0 Å². The molecule has 0 radical (unpaired) electrons. The molecule has 1 unspecified atom stereocenters. The lowest BCUT2D eigenvalue weighted by Crippen LogP contribution is -2.33. The Morgan fingerprint density at radius 3 is 2.61 bits per heavy atom. The van der Waals surface area contributed by atoms with Crippen LogP contribution in [-0.4, -0.2) is 23.1 Å². The van der Waals surface area contributed by atoms with Crippen molar-refractivity contribution in [1.82, 2.24) is 4.98 Å². The maximum atomic E-state index is 5.86. The second-order valence-corrected chi connectivity index (χ2v) is 5.74. The number of pyridine rings is 1. The molecule has 4 heteroatoms. The highest BCUT2D eigenvalue weighted by molar-refractivity contribution is 7.80. The molecule has 1 atom stereocenters. The minimum atomic E-state index is 0.435. The molecule has 0 amide bonds. The zero-order chi connectivity index (χ0) is 13.4. The Labute approximate surface area is 114 Å². The molecule has 98 valence electrons. The minimum absolute atomic E-state index is 0.435. The van der Waals surface area contributed by atoms with E-state index in [0.717, 1.165) is 28.6 Å². The van der Waals surface area contributed by atoms with Gasteiger partial charge in [-0.25, -0.2) is 0 Å². The average molecular weight is 263 g/mol. The first-order valence-electron chi connectivity index (χ1n) is 6.42. The van der Waals surface area contributed by atoms with Crippen LogP contribution >= 0.6 is 12.2 Å². The van der Waals surface area contributed by atoms with Gasteiger partial charge in [0.25, 0.3) is 0 Å². The highest BCUT2D eigenvalue weighted by Crippen LogP contribution is 2.37. The molecular weight excluding hydrogens is 242 g/mol. The first kappa shape index (κ1) is 13.3. The summed E-state index contributed by atoms with van der Waals surface area (Å²) in [5.74, 6) is 0.808. The molecule has 1 aliphatic carbocycles. The minimum Gasteiger partial charge on any atom is -0.389 e. The summed E-state index contributed by atoms with van der Waals surface area (Å²) in [6.07, 6.45) is 2.66. The van der Waals surface area contributed by atoms with E-state index in [1.807, 2.05) is 13.8 Å². The highest BCUT2D eigenvalue weighted by atomic mass is 32.1. The van der Waals surface area contributed by atoms with Gasteiger partial charge >= 0.3 is 0 Å². The Kier molecular flexibility index (Phi) is 3.57. The van der Waals surface area contributed by atoms with Crippen LogP contribution in [0.5, 0.6) is 0 Å². The van der Waals surface area contributed by atoms with Crippen molar-refractivity contribution in [2.75, 3.05) is 11.9 Å². The van der Waals surface area contributed by atoms with Crippen LogP contribution in [0.3, 0.4) is 0 Å². The van der Waals surface area contributed by atoms with Gasteiger partial charge in [0.15, 0.2) is 0 Å². The van der Waals surface area contributed by atoms with Gasteiger partial charge < -0.3 is 10.6 Å². The average Bonchev–Trinajstić information content (AvgIpc) is 3.08. The van der Waals surface area contributed by atoms with Crippen LogP contribution in [0.25, 0.3) is 0 Å². The van der Waals surface area contributed by atoms with Gasteiger partial charge in [-0.2, -0.15) is 0 Å². The van der Waals surface area contributed by atoms with Crippen LogP contribution in [-0.2, 0) is 0 Å². The zero-order valence-corrected chi connectivity index (χ0v) is 12.3. The number of aromatic nitrogens is 1. The Bertz CT molecular complexity index is 480. The number of anilines is 1. The van der Waals surface area contributed by atoms with Crippen molar-refractivity contribution in [3.63, 3.8) is 0 Å². The van der Waals surface area contributed by atoms with Crippen LogP contribution in [0.15, 0.2) is 6.07 Å². The van der Waals surface area contributed by atoms with E-state index in [-0.39, 0.29) is 0 Å². The first-order valence-corrected chi connectivity index (χ1v) is 6.83. The first-order chi connectivity index (χ1) is 8.41. The maximum Gasteiger partial charge on any atom is 0.107 e. The van der Waals surface area contributed by atoms with E-state index in [9.17, 15) is 0 Å². The third-order valence-electron chi connectivity index (χ3n) is 3.85. The summed E-state index contributed by atoms with van der Waals surface area (Å²) in [5.41, 5.74) is 9.83. The Balaban J connectivity index is 2.44. The van der Waals surface area contributed by atoms with E-state index in [1.165, 1.54) is 12.8 Å². The van der Waals surface area contributed by atoms with Gasteiger partial charge in [-0.3, -0.25) is 4.98 Å². The fraction of sp³-hybridized carbons (Fsp3) is 0.571. The SMILES string of the molecule is Cc1cc(N(C)C(C)C2CC2)c(C(N)=S)c(C)n1. The van der Waals surface area contributed by atoms with Gasteiger partial charge in [0.05, 0.1) is 11.3 Å². The van der Waals surface area contributed by atoms with Crippen LogP contribution in [0.2, 0.25) is 0 Å². The highest BCUT2D eigenvalue weighted by Gasteiger charge is 2.31.